The minimum atomic E-state index is -0.323. The van der Waals surface area contributed by atoms with Gasteiger partial charge >= 0.3 is 0 Å². The molecule has 4 nitrogen and oxygen atoms in total. The van der Waals surface area contributed by atoms with Crippen LogP contribution in [-0.2, 0) is 6.42 Å². The minimum absolute atomic E-state index is 0.194. The minimum Gasteiger partial charge on any atom is -0.352 e. The Labute approximate surface area is 88.7 Å². The molecule has 0 aliphatic carbocycles. The highest BCUT2D eigenvalue weighted by Crippen LogP contribution is 2.05. The number of amides is 1. The van der Waals surface area contributed by atoms with Gasteiger partial charge in [0.1, 0.15) is 5.56 Å². The van der Waals surface area contributed by atoms with E-state index in [1.165, 1.54) is 0 Å². The lowest BCUT2D eigenvalue weighted by Crippen LogP contribution is -2.30. The molecule has 2 N–H and O–H groups in total. The van der Waals surface area contributed by atoms with Crippen molar-refractivity contribution in [3.05, 3.63) is 33.2 Å². The van der Waals surface area contributed by atoms with E-state index in [0.717, 1.165) is 17.7 Å². The maximum atomic E-state index is 11.5. The van der Waals surface area contributed by atoms with Crippen LogP contribution in [-0.4, -0.2) is 17.4 Å². The zero-order chi connectivity index (χ0) is 11.4. The van der Waals surface area contributed by atoms with Gasteiger partial charge in [-0.3, -0.25) is 9.59 Å². The number of carbonyl (C=O) groups excluding carboxylic acids is 1. The fourth-order valence-corrected chi connectivity index (χ4v) is 1.46. The van der Waals surface area contributed by atoms with Crippen molar-refractivity contribution in [3.8, 4) is 0 Å². The monoisotopic (exact) mass is 208 g/mol. The Bertz CT molecular complexity index is 421. The van der Waals surface area contributed by atoms with Crippen LogP contribution in [0.2, 0.25) is 0 Å². The van der Waals surface area contributed by atoms with Crippen LogP contribution in [0, 0.1) is 6.92 Å². The molecule has 0 saturated heterocycles. The molecule has 1 heterocycles. The molecule has 1 rings (SSSR count). The molecule has 1 aromatic heterocycles. The Morgan fingerprint density at radius 2 is 2.13 bits per heavy atom. The number of pyridine rings is 1. The lowest BCUT2D eigenvalue weighted by molar-refractivity contribution is 0.0954. The fourth-order valence-electron chi connectivity index (χ4n) is 1.46. The van der Waals surface area contributed by atoms with Crippen LogP contribution in [0.3, 0.4) is 0 Å². The molecule has 0 spiro atoms. The van der Waals surface area contributed by atoms with Crippen molar-refractivity contribution < 1.29 is 4.79 Å². The van der Waals surface area contributed by atoms with Crippen molar-refractivity contribution in [1.82, 2.24) is 10.3 Å². The standard InChI is InChI=1S/C11H16N2O2/c1-4-8-6-9(10(14)12-5-2)11(15)13-7(8)3/h6H,4-5H2,1-3H3,(H,12,14)(H,13,15). The highest BCUT2D eigenvalue weighted by molar-refractivity contribution is 5.93. The van der Waals surface area contributed by atoms with Crippen LogP contribution in [0.25, 0.3) is 0 Å². The predicted molar refractivity (Wildman–Crippen MR) is 59.2 cm³/mol. The smallest absolute Gasteiger partial charge is 0.261 e. The van der Waals surface area contributed by atoms with Gasteiger partial charge in [0.05, 0.1) is 0 Å². The first-order valence-corrected chi connectivity index (χ1v) is 5.11. The summed E-state index contributed by atoms with van der Waals surface area (Å²) >= 11 is 0. The van der Waals surface area contributed by atoms with Crippen LogP contribution >= 0.6 is 0 Å². The van der Waals surface area contributed by atoms with Crippen LogP contribution in [0.5, 0.6) is 0 Å². The summed E-state index contributed by atoms with van der Waals surface area (Å²) in [6.45, 7) is 6.17. The fraction of sp³-hybridized carbons (Fsp3) is 0.455. The van der Waals surface area contributed by atoms with Gasteiger partial charge in [-0.15, -0.1) is 0 Å². The Balaban J connectivity index is 3.18. The average Bonchev–Trinajstić information content (AvgIpc) is 2.18. The van der Waals surface area contributed by atoms with E-state index in [-0.39, 0.29) is 17.0 Å². The molecule has 1 amide bonds. The van der Waals surface area contributed by atoms with Gasteiger partial charge in [-0.1, -0.05) is 6.92 Å². The molecular formula is C11H16N2O2. The predicted octanol–water partition coefficient (Wildman–Crippen LogP) is 0.995. The van der Waals surface area contributed by atoms with Gasteiger partial charge in [0.25, 0.3) is 11.5 Å². The summed E-state index contributed by atoms with van der Waals surface area (Å²) in [6.07, 6.45) is 0.801. The SMILES string of the molecule is CCNC(=O)c1cc(CC)c(C)[nH]c1=O. The van der Waals surface area contributed by atoms with E-state index in [2.05, 4.69) is 10.3 Å². The van der Waals surface area contributed by atoms with Crippen LogP contribution in [0.4, 0.5) is 0 Å². The molecule has 0 fully saturated rings. The van der Waals surface area contributed by atoms with E-state index < -0.39 is 0 Å². The highest BCUT2D eigenvalue weighted by atomic mass is 16.2. The summed E-state index contributed by atoms with van der Waals surface area (Å²) in [6, 6.07) is 1.67. The molecule has 15 heavy (non-hydrogen) atoms. The van der Waals surface area contributed by atoms with Crippen molar-refractivity contribution in [2.45, 2.75) is 27.2 Å². The van der Waals surface area contributed by atoms with Crippen molar-refractivity contribution in [1.29, 1.82) is 0 Å². The van der Waals surface area contributed by atoms with Crippen molar-refractivity contribution in [2.75, 3.05) is 6.54 Å². The average molecular weight is 208 g/mol. The molecule has 1 aromatic rings. The number of hydrogen-bond donors (Lipinski definition) is 2. The van der Waals surface area contributed by atoms with E-state index in [9.17, 15) is 9.59 Å². The number of H-pyrrole nitrogens is 1. The Kier molecular flexibility index (Phi) is 3.66. The normalized spacial score (nSPS) is 10.1. The molecule has 82 valence electrons. The number of hydrogen-bond acceptors (Lipinski definition) is 2. The third kappa shape index (κ3) is 2.46. The summed E-state index contributed by atoms with van der Waals surface area (Å²) in [7, 11) is 0. The topological polar surface area (TPSA) is 62.0 Å². The molecular weight excluding hydrogens is 192 g/mol. The van der Waals surface area contributed by atoms with Gasteiger partial charge in [-0.25, -0.2) is 0 Å². The number of aromatic nitrogens is 1. The van der Waals surface area contributed by atoms with Gasteiger partial charge in [-0.05, 0) is 31.9 Å². The second-order valence-corrected chi connectivity index (χ2v) is 3.38. The maximum absolute atomic E-state index is 11.5. The second-order valence-electron chi connectivity index (χ2n) is 3.38. The highest BCUT2D eigenvalue weighted by Gasteiger charge is 2.11. The molecule has 0 radical (unpaired) electrons. The first-order chi connectivity index (χ1) is 7.10. The van der Waals surface area contributed by atoms with Crippen LogP contribution < -0.4 is 10.9 Å². The first-order valence-electron chi connectivity index (χ1n) is 5.11. The van der Waals surface area contributed by atoms with Crippen molar-refractivity contribution in [2.24, 2.45) is 0 Å². The van der Waals surface area contributed by atoms with Gasteiger partial charge in [0.15, 0.2) is 0 Å². The second kappa shape index (κ2) is 4.77. The van der Waals surface area contributed by atoms with Gasteiger partial charge in [0.2, 0.25) is 0 Å². The summed E-state index contributed by atoms with van der Waals surface area (Å²) in [5.74, 6) is -0.312. The zero-order valence-corrected chi connectivity index (χ0v) is 9.31. The van der Waals surface area contributed by atoms with E-state index in [1.54, 1.807) is 6.07 Å². The molecule has 0 unspecified atom stereocenters. The zero-order valence-electron chi connectivity index (χ0n) is 9.31. The summed E-state index contributed by atoms with van der Waals surface area (Å²) in [5.41, 5.74) is 1.70. The van der Waals surface area contributed by atoms with E-state index in [0.29, 0.717) is 6.54 Å². The quantitative estimate of drug-likeness (QED) is 0.778. The number of carbonyl (C=O) groups is 1. The molecule has 4 heteroatoms. The molecule has 0 aliphatic heterocycles. The third-order valence-corrected chi connectivity index (χ3v) is 2.31. The largest absolute Gasteiger partial charge is 0.352 e. The number of rotatable bonds is 3. The number of nitrogens with one attached hydrogen (secondary N) is 2. The van der Waals surface area contributed by atoms with Crippen LogP contribution in [0.15, 0.2) is 10.9 Å². The molecule has 0 aliphatic rings. The van der Waals surface area contributed by atoms with E-state index in [4.69, 9.17) is 0 Å². The Morgan fingerprint density at radius 1 is 1.47 bits per heavy atom. The van der Waals surface area contributed by atoms with Crippen molar-refractivity contribution in [3.63, 3.8) is 0 Å². The summed E-state index contributed by atoms with van der Waals surface area (Å²) in [4.78, 5) is 25.7. The van der Waals surface area contributed by atoms with Gasteiger partial charge < -0.3 is 10.3 Å². The van der Waals surface area contributed by atoms with E-state index in [1.807, 2.05) is 20.8 Å². The summed E-state index contributed by atoms with van der Waals surface area (Å²) < 4.78 is 0. The number of aromatic amines is 1. The number of aryl methyl sites for hydroxylation is 2. The molecule has 0 saturated carbocycles. The van der Waals surface area contributed by atoms with Crippen LogP contribution in [0.1, 0.15) is 35.5 Å². The lowest BCUT2D eigenvalue weighted by Gasteiger charge is -2.06. The van der Waals surface area contributed by atoms with Gasteiger partial charge in [-0.2, -0.15) is 0 Å². The third-order valence-electron chi connectivity index (χ3n) is 2.31. The summed E-state index contributed by atoms with van der Waals surface area (Å²) in [5, 5.41) is 2.61. The maximum Gasteiger partial charge on any atom is 0.261 e. The molecule has 0 atom stereocenters. The first kappa shape index (κ1) is 11.5. The Hall–Kier alpha value is -1.58. The van der Waals surface area contributed by atoms with E-state index >= 15 is 0 Å². The molecule has 0 aromatic carbocycles. The van der Waals surface area contributed by atoms with Gasteiger partial charge in [0, 0.05) is 12.2 Å². The lowest BCUT2D eigenvalue weighted by atomic mass is 10.1. The molecule has 0 bridgehead atoms. The Morgan fingerprint density at radius 3 is 2.67 bits per heavy atom. The van der Waals surface area contributed by atoms with Crippen molar-refractivity contribution >= 4 is 5.91 Å².